The number of nitrogens with one attached hydrogen (secondary N) is 1. The van der Waals surface area contributed by atoms with Crippen molar-refractivity contribution in [2.45, 2.75) is 6.92 Å². The summed E-state index contributed by atoms with van der Waals surface area (Å²) in [6.07, 6.45) is 1.39. The molecule has 3 rings (SSSR count). The van der Waals surface area contributed by atoms with Crippen LogP contribution >= 0.6 is 27.5 Å². The largest absolute Gasteiger partial charge is 0.492 e. The number of nitrogens with zero attached hydrogens (tertiary/aromatic N) is 1. The van der Waals surface area contributed by atoms with Crippen molar-refractivity contribution in [3.63, 3.8) is 0 Å². The summed E-state index contributed by atoms with van der Waals surface area (Å²) >= 11 is 9.26. The smallest absolute Gasteiger partial charge is 0.335 e. The first-order valence-electron chi connectivity index (χ1n) is 8.53. The molecule has 4 amide bonds. The minimum absolute atomic E-state index is 0.195. The van der Waals surface area contributed by atoms with E-state index in [1.807, 2.05) is 6.92 Å². The maximum Gasteiger partial charge on any atom is 0.335 e. The van der Waals surface area contributed by atoms with Crippen LogP contribution in [0.1, 0.15) is 12.5 Å². The molecule has 0 aromatic heterocycles. The Hall–Kier alpha value is -2.84. The molecule has 0 saturated carbocycles. The number of urea groups is 1. The van der Waals surface area contributed by atoms with Crippen LogP contribution in [0.25, 0.3) is 6.08 Å². The minimum Gasteiger partial charge on any atom is -0.492 e. The van der Waals surface area contributed by atoms with Crippen LogP contribution in [0.15, 0.2) is 46.4 Å². The number of methoxy groups -OCH3 is 1. The van der Waals surface area contributed by atoms with Gasteiger partial charge in [-0.25, -0.2) is 9.69 Å². The van der Waals surface area contributed by atoms with Gasteiger partial charge in [-0.15, -0.1) is 0 Å². The van der Waals surface area contributed by atoms with Crippen molar-refractivity contribution >= 4 is 57.1 Å². The van der Waals surface area contributed by atoms with Crippen molar-refractivity contribution in [3.8, 4) is 11.5 Å². The first-order valence-corrected chi connectivity index (χ1v) is 9.70. The molecule has 9 heteroatoms. The van der Waals surface area contributed by atoms with E-state index in [-0.39, 0.29) is 5.57 Å². The van der Waals surface area contributed by atoms with Gasteiger partial charge in [0.15, 0.2) is 11.5 Å². The van der Waals surface area contributed by atoms with Crippen LogP contribution in [0, 0.1) is 0 Å². The Kier molecular flexibility index (Phi) is 6.24. The molecule has 2 aromatic rings. The first kappa shape index (κ1) is 20.9. The molecule has 0 unspecified atom stereocenters. The topological polar surface area (TPSA) is 84.9 Å². The summed E-state index contributed by atoms with van der Waals surface area (Å²) in [6, 6.07) is 8.62. The van der Waals surface area contributed by atoms with E-state index in [0.29, 0.717) is 38.9 Å². The molecule has 2 aromatic carbocycles. The van der Waals surface area contributed by atoms with Crippen LogP contribution in [0.3, 0.4) is 0 Å². The number of imide groups is 2. The number of ether oxygens (including phenoxy) is 2. The molecule has 1 fully saturated rings. The van der Waals surface area contributed by atoms with Crippen LogP contribution in [0.2, 0.25) is 5.02 Å². The van der Waals surface area contributed by atoms with Crippen molar-refractivity contribution in [1.82, 2.24) is 5.32 Å². The van der Waals surface area contributed by atoms with E-state index >= 15 is 0 Å². The minimum atomic E-state index is -0.828. The van der Waals surface area contributed by atoms with Crippen molar-refractivity contribution in [1.29, 1.82) is 0 Å². The third kappa shape index (κ3) is 4.28. The van der Waals surface area contributed by atoms with Gasteiger partial charge in [-0.2, -0.15) is 0 Å². The van der Waals surface area contributed by atoms with E-state index in [0.717, 1.165) is 4.90 Å². The van der Waals surface area contributed by atoms with Crippen LogP contribution in [-0.4, -0.2) is 31.6 Å². The normalized spacial score (nSPS) is 15.5. The molecular weight excluding hydrogens is 464 g/mol. The summed E-state index contributed by atoms with van der Waals surface area (Å²) in [5.41, 5.74) is 0.616. The molecule has 7 nitrogen and oxygen atoms in total. The Bertz CT molecular complexity index is 1020. The molecule has 1 saturated heterocycles. The van der Waals surface area contributed by atoms with Gasteiger partial charge in [0.25, 0.3) is 11.8 Å². The fraction of sp³-hybridized carbons (Fsp3) is 0.150. The number of anilines is 1. The summed E-state index contributed by atoms with van der Waals surface area (Å²) in [7, 11) is 1.51. The zero-order valence-electron chi connectivity index (χ0n) is 15.5. The Morgan fingerprint density at radius 1 is 1.17 bits per heavy atom. The lowest BCUT2D eigenvalue weighted by Gasteiger charge is -2.26. The highest BCUT2D eigenvalue weighted by molar-refractivity contribution is 9.10. The highest BCUT2D eigenvalue weighted by Gasteiger charge is 2.36. The number of halogens is 2. The number of carbonyl (C=O) groups is 3. The van der Waals surface area contributed by atoms with Gasteiger partial charge in [0, 0.05) is 5.02 Å². The summed E-state index contributed by atoms with van der Waals surface area (Å²) in [4.78, 5) is 38.4. The van der Waals surface area contributed by atoms with Crippen molar-refractivity contribution < 1.29 is 23.9 Å². The van der Waals surface area contributed by atoms with Gasteiger partial charge in [0.2, 0.25) is 0 Å². The predicted molar refractivity (Wildman–Crippen MR) is 112 cm³/mol. The Labute approximate surface area is 180 Å². The number of carbonyl (C=O) groups excluding carboxylic acids is 3. The number of barbiturate groups is 1. The van der Waals surface area contributed by atoms with Crippen molar-refractivity contribution in [2.24, 2.45) is 0 Å². The summed E-state index contributed by atoms with van der Waals surface area (Å²) in [6.45, 7) is 2.23. The summed E-state index contributed by atoms with van der Waals surface area (Å²) in [5, 5.41) is 2.63. The molecule has 29 heavy (non-hydrogen) atoms. The van der Waals surface area contributed by atoms with E-state index in [2.05, 4.69) is 21.2 Å². The van der Waals surface area contributed by atoms with Crippen LogP contribution in [0.4, 0.5) is 10.5 Å². The molecule has 1 aliphatic rings. The highest BCUT2D eigenvalue weighted by atomic mass is 79.9. The van der Waals surface area contributed by atoms with Gasteiger partial charge < -0.3 is 9.47 Å². The molecule has 0 atom stereocenters. The zero-order chi connectivity index (χ0) is 21.1. The SMILES string of the molecule is CCOc1cc(C=C2C(=O)NC(=O)N(c3ccc(Cl)cc3)C2=O)cc(Br)c1OC. The maximum absolute atomic E-state index is 12.9. The molecule has 1 aliphatic heterocycles. The highest BCUT2D eigenvalue weighted by Crippen LogP contribution is 2.37. The lowest BCUT2D eigenvalue weighted by molar-refractivity contribution is -0.122. The third-order valence-electron chi connectivity index (χ3n) is 4.03. The molecule has 0 aliphatic carbocycles. The lowest BCUT2D eigenvalue weighted by atomic mass is 10.1. The van der Waals surface area contributed by atoms with Crippen LogP contribution in [0.5, 0.6) is 11.5 Å². The molecule has 1 heterocycles. The van der Waals surface area contributed by atoms with Crippen LogP contribution in [-0.2, 0) is 9.59 Å². The molecule has 0 radical (unpaired) electrons. The molecule has 0 bridgehead atoms. The number of rotatable bonds is 5. The lowest BCUT2D eigenvalue weighted by Crippen LogP contribution is -2.54. The van der Waals surface area contributed by atoms with Gasteiger partial charge in [-0.1, -0.05) is 11.6 Å². The Morgan fingerprint density at radius 3 is 2.48 bits per heavy atom. The van der Waals surface area contributed by atoms with Crippen LogP contribution < -0.4 is 19.7 Å². The fourth-order valence-electron chi connectivity index (χ4n) is 2.78. The van der Waals surface area contributed by atoms with Gasteiger partial charge in [-0.05, 0) is 70.9 Å². The monoisotopic (exact) mass is 478 g/mol. The second-order valence-corrected chi connectivity index (χ2v) is 7.19. The molecule has 150 valence electrons. The van der Waals surface area contributed by atoms with E-state index in [1.165, 1.54) is 25.3 Å². The van der Waals surface area contributed by atoms with E-state index < -0.39 is 17.8 Å². The van der Waals surface area contributed by atoms with Gasteiger partial charge in [0.1, 0.15) is 5.57 Å². The Morgan fingerprint density at radius 2 is 1.86 bits per heavy atom. The second-order valence-electron chi connectivity index (χ2n) is 5.90. The predicted octanol–water partition coefficient (Wildman–Crippen LogP) is 4.18. The van der Waals surface area contributed by atoms with Gasteiger partial charge in [0.05, 0.1) is 23.9 Å². The number of amides is 4. The molecule has 0 spiro atoms. The first-order chi connectivity index (χ1) is 13.8. The maximum atomic E-state index is 12.9. The molecular formula is C20H16BrClN2O5. The summed E-state index contributed by atoms with van der Waals surface area (Å²) < 4.78 is 11.5. The van der Waals surface area contributed by atoms with E-state index in [1.54, 1.807) is 24.3 Å². The number of benzene rings is 2. The molecule has 1 N–H and O–H groups in total. The van der Waals surface area contributed by atoms with E-state index in [9.17, 15) is 14.4 Å². The zero-order valence-corrected chi connectivity index (χ0v) is 17.8. The fourth-order valence-corrected chi connectivity index (χ4v) is 3.53. The average Bonchev–Trinajstić information content (AvgIpc) is 2.67. The quantitative estimate of drug-likeness (QED) is 0.514. The van der Waals surface area contributed by atoms with Crippen molar-refractivity contribution in [3.05, 3.63) is 57.0 Å². The van der Waals surface area contributed by atoms with Crippen molar-refractivity contribution in [2.75, 3.05) is 18.6 Å². The standard InChI is InChI=1S/C20H16BrClN2O5/c1-3-29-16-10-11(9-15(21)17(16)28-2)8-14-18(25)23-20(27)24(19(14)26)13-6-4-12(22)5-7-13/h4-10H,3H2,1-2H3,(H,23,25,27). The summed E-state index contributed by atoms with van der Waals surface area (Å²) in [5.74, 6) is -0.585. The van der Waals surface area contributed by atoms with E-state index in [4.69, 9.17) is 21.1 Å². The number of hydrogen-bond donors (Lipinski definition) is 1. The second kappa shape index (κ2) is 8.67. The third-order valence-corrected chi connectivity index (χ3v) is 4.87. The number of hydrogen-bond acceptors (Lipinski definition) is 5. The average molecular weight is 480 g/mol. The van der Waals surface area contributed by atoms with Gasteiger partial charge >= 0.3 is 6.03 Å². The Balaban J connectivity index is 2.03. The van der Waals surface area contributed by atoms with Gasteiger partial charge in [-0.3, -0.25) is 14.9 Å².